The lowest BCUT2D eigenvalue weighted by molar-refractivity contribution is 1.12. The summed E-state index contributed by atoms with van der Waals surface area (Å²) in [5.74, 6) is 0. The molecule has 0 aliphatic rings. The maximum Gasteiger partial charge on any atom is 0.155 e. The van der Waals surface area contributed by atoms with Crippen LogP contribution in [-0.2, 0) is 0 Å². The van der Waals surface area contributed by atoms with Crippen molar-refractivity contribution in [2.75, 3.05) is 19.0 Å². The molecule has 3 heterocycles. The smallest absolute Gasteiger partial charge is 0.155 e. The van der Waals surface area contributed by atoms with E-state index in [4.69, 9.17) is 0 Å². The number of hydrogen-bond donors (Lipinski definition) is 0. The van der Waals surface area contributed by atoms with E-state index in [2.05, 4.69) is 38.1 Å². The molecule has 4 aromatic rings. The minimum absolute atomic E-state index is 0.820. The van der Waals surface area contributed by atoms with Gasteiger partial charge in [0.15, 0.2) is 5.65 Å². The molecule has 0 spiro atoms. The zero-order chi connectivity index (χ0) is 15.8. The van der Waals surface area contributed by atoms with Crippen molar-refractivity contribution >= 4 is 22.7 Å². The summed E-state index contributed by atoms with van der Waals surface area (Å²) in [6.45, 7) is 0. The van der Waals surface area contributed by atoms with E-state index in [0.29, 0.717) is 0 Å². The Morgan fingerprint density at radius 3 is 2.74 bits per heavy atom. The number of anilines is 1. The van der Waals surface area contributed by atoms with Crippen molar-refractivity contribution < 1.29 is 0 Å². The highest BCUT2D eigenvalue weighted by Gasteiger charge is 2.10. The first-order valence-electron chi connectivity index (χ1n) is 7.22. The van der Waals surface area contributed by atoms with E-state index in [-0.39, 0.29) is 0 Å². The molecule has 0 N–H and O–H groups in total. The predicted octanol–water partition coefficient (Wildman–Crippen LogP) is 3.59. The number of fused-ring (bicyclic) bond motifs is 1. The Morgan fingerprint density at radius 1 is 1.04 bits per heavy atom. The number of imidazole rings is 1. The molecule has 6 heteroatoms. The van der Waals surface area contributed by atoms with E-state index in [1.807, 2.05) is 47.8 Å². The quantitative estimate of drug-likeness (QED) is 0.578. The molecular weight excluding hydrogens is 306 g/mol. The molecule has 0 fully saturated rings. The van der Waals surface area contributed by atoms with Crippen LogP contribution in [0.2, 0.25) is 0 Å². The molecule has 0 saturated carbocycles. The van der Waals surface area contributed by atoms with Gasteiger partial charge in [-0.05, 0) is 12.1 Å². The van der Waals surface area contributed by atoms with Crippen molar-refractivity contribution in [1.82, 2.24) is 19.4 Å². The van der Waals surface area contributed by atoms with Crippen LogP contribution in [0.5, 0.6) is 0 Å². The van der Waals surface area contributed by atoms with Crippen LogP contribution in [0.15, 0.2) is 53.7 Å². The van der Waals surface area contributed by atoms with Crippen molar-refractivity contribution in [3.05, 3.63) is 53.7 Å². The fraction of sp³-hybridized carbons (Fsp3) is 0.118. The molecule has 0 radical (unpaired) electrons. The molecule has 0 bridgehead atoms. The van der Waals surface area contributed by atoms with Gasteiger partial charge in [-0.1, -0.05) is 12.1 Å². The minimum atomic E-state index is 0.820. The fourth-order valence-electron chi connectivity index (χ4n) is 2.51. The first kappa shape index (κ1) is 13.9. The molecule has 3 aromatic heterocycles. The average Bonchev–Trinajstić information content (AvgIpc) is 3.23. The third-order valence-corrected chi connectivity index (χ3v) is 4.34. The lowest BCUT2D eigenvalue weighted by Crippen LogP contribution is -2.08. The van der Waals surface area contributed by atoms with Gasteiger partial charge in [0, 0.05) is 36.9 Å². The molecule has 5 nitrogen and oxygen atoms in total. The molecule has 0 aliphatic heterocycles. The van der Waals surface area contributed by atoms with Crippen LogP contribution in [-0.4, -0.2) is 33.4 Å². The van der Waals surface area contributed by atoms with Crippen molar-refractivity contribution in [1.29, 1.82) is 0 Å². The molecule has 114 valence electrons. The summed E-state index contributed by atoms with van der Waals surface area (Å²) in [5.41, 5.74) is 7.70. The molecule has 1 aromatic carbocycles. The van der Waals surface area contributed by atoms with Crippen LogP contribution in [0.1, 0.15) is 0 Å². The van der Waals surface area contributed by atoms with Gasteiger partial charge in [-0.2, -0.15) is 0 Å². The number of aromatic nitrogens is 4. The van der Waals surface area contributed by atoms with Crippen LogP contribution < -0.4 is 4.90 Å². The first-order chi connectivity index (χ1) is 11.2. The Kier molecular flexibility index (Phi) is 3.31. The topological polar surface area (TPSA) is 46.3 Å². The Morgan fingerprint density at radius 2 is 1.96 bits per heavy atom. The van der Waals surface area contributed by atoms with E-state index in [9.17, 15) is 0 Å². The zero-order valence-electron chi connectivity index (χ0n) is 12.8. The van der Waals surface area contributed by atoms with Gasteiger partial charge >= 0.3 is 0 Å². The molecule has 23 heavy (non-hydrogen) atoms. The third-order valence-electron chi connectivity index (χ3n) is 3.75. The molecule has 0 unspecified atom stereocenters. The maximum absolute atomic E-state index is 4.55. The van der Waals surface area contributed by atoms with Crippen LogP contribution in [0.4, 0.5) is 5.69 Å². The fourth-order valence-corrected chi connectivity index (χ4v) is 3.06. The van der Waals surface area contributed by atoms with Gasteiger partial charge in [-0.3, -0.25) is 9.38 Å². The van der Waals surface area contributed by atoms with Crippen LogP contribution in [0.3, 0.4) is 0 Å². The second-order valence-corrected chi connectivity index (χ2v) is 6.18. The third kappa shape index (κ3) is 2.47. The molecule has 0 saturated heterocycles. The van der Waals surface area contributed by atoms with Gasteiger partial charge in [0.05, 0.1) is 35.0 Å². The summed E-state index contributed by atoms with van der Waals surface area (Å²) in [4.78, 5) is 15.4. The number of rotatable bonds is 3. The van der Waals surface area contributed by atoms with Crippen LogP contribution >= 0.6 is 11.3 Å². The molecular formula is C17H15N5S. The normalized spacial score (nSPS) is 11.0. The van der Waals surface area contributed by atoms with Gasteiger partial charge in [0.2, 0.25) is 0 Å². The van der Waals surface area contributed by atoms with Crippen LogP contribution in [0.25, 0.3) is 28.3 Å². The van der Waals surface area contributed by atoms with Crippen molar-refractivity contribution in [3.63, 3.8) is 0 Å². The van der Waals surface area contributed by atoms with Crippen molar-refractivity contribution in [2.45, 2.75) is 0 Å². The Bertz CT molecular complexity index is 956. The van der Waals surface area contributed by atoms with Gasteiger partial charge in [-0.15, -0.1) is 11.3 Å². The molecule has 0 amide bonds. The first-order valence-corrected chi connectivity index (χ1v) is 8.16. The van der Waals surface area contributed by atoms with Gasteiger partial charge in [-0.25, -0.2) is 9.97 Å². The van der Waals surface area contributed by atoms with Crippen molar-refractivity contribution in [3.8, 4) is 22.6 Å². The summed E-state index contributed by atoms with van der Waals surface area (Å²) in [5, 5.41) is 2.02. The number of thiazole rings is 1. The standard InChI is InChI=1S/C17H15N5S/c1-21(2)13-5-3-4-12(6-13)14-9-22-16(15-10-23-11-20-15)7-19-17(22)8-18-14/h3-11H,1-2H3. The largest absolute Gasteiger partial charge is 0.378 e. The second kappa shape index (κ2) is 5.48. The highest BCUT2D eigenvalue weighted by molar-refractivity contribution is 7.07. The molecule has 0 atom stereocenters. The zero-order valence-corrected chi connectivity index (χ0v) is 13.7. The molecule has 0 aliphatic carbocycles. The average molecular weight is 321 g/mol. The SMILES string of the molecule is CN(C)c1cccc(-c2cn3c(-c4cscn4)cnc3cn2)c1. The Labute approximate surface area is 137 Å². The van der Waals surface area contributed by atoms with Gasteiger partial charge in [0.25, 0.3) is 0 Å². The maximum atomic E-state index is 4.55. The van der Waals surface area contributed by atoms with E-state index >= 15 is 0 Å². The van der Waals surface area contributed by atoms with Gasteiger partial charge < -0.3 is 4.90 Å². The highest BCUT2D eigenvalue weighted by atomic mass is 32.1. The predicted molar refractivity (Wildman–Crippen MR) is 93.9 cm³/mol. The van der Waals surface area contributed by atoms with E-state index in [1.54, 1.807) is 17.5 Å². The lowest BCUT2D eigenvalue weighted by Gasteiger charge is -2.13. The summed E-state index contributed by atoms with van der Waals surface area (Å²) in [7, 11) is 4.07. The number of benzene rings is 1. The van der Waals surface area contributed by atoms with E-state index in [0.717, 1.165) is 34.0 Å². The highest BCUT2D eigenvalue weighted by Crippen LogP contribution is 2.25. The monoisotopic (exact) mass is 321 g/mol. The second-order valence-electron chi connectivity index (χ2n) is 5.46. The van der Waals surface area contributed by atoms with Crippen molar-refractivity contribution in [2.24, 2.45) is 0 Å². The summed E-state index contributed by atoms with van der Waals surface area (Å²) in [6, 6.07) is 8.33. The number of hydrogen-bond acceptors (Lipinski definition) is 5. The molecule has 4 rings (SSSR count). The Balaban J connectivity index is 1.85. The summed E-state index contributed by atoms with van der Waals surface area (Å²) in [6.07, 6.45) is 5.66. The van der Waals surface area contributed by atoms with Crippen LogP contribution in [0, 0.1) is 0 Å². The summed E-state index contributed by atoms with van der Waals surface area (Å²) < 4.78 is 2.04. The number of nitrogens with zero attached hydrogens (tertiary/aromatic N) is 5. The lowest BCUT2D eigenvalue weighted by atomic mass is 10.1. The van der Waals surface area contributed by atoms with Gasteiger partial charge in [0.1, 0.15) is 0 Å². The summed E-state index contributed by atoms with van der Waals surface area (Å²) >= 11 is 1.58. The van der Waals surface area contributed by atoms with E-state index in [1.165, 1.54) is 0 Å². The Hall–Kier alpha value is -2.73. The van der Waals surface area contributed by atoms with E-state index < -0.39 is 0 Å². The minimum Gasteiger partial charge on any atom is -0.378 e.